The molecule has 0 atom stereocenters. The maximum absolute atomic E-state index is 12.1. The Kier molecular flexibility index (Phi) is 4.89. The summed E-state index contributed by atoms with van der Waals surface area (Å²) in [5.74, 6) is 4.13. The Morgan fingerprint density at radius 1 is 0.955 bits per heavy atom. The predicted molar refractivity (Wildman–Crippen MR) is 85.1 cm³/mol. The summed E-state index contributed by atoms with van der Waals surface area (Å²) in [6.45, 7) is 0. The van der Waals surface area contributed by atoms with Gasteiger partial charge in [0.1, 0.15) is 5.70 Å². The van der Waals surface area contributed by atoms with Crippen molar-refractivity contribution in [3.8, 4) is 0 Å². The zero-order chi connectivity index (χ0) is 15.9. The summed E-state index contributed by atoms with van der Waals surface area (Å²) >= 11 is 0. The first-order chi connectivity index (χ1) is 10.6. The van der Waals surface area contributed by atoms with Crippen LogP contribution in [-0.4, -0.2) is 11.8 Å². The molecule has 0 spiro atoms. The first-order valence-electron chi connectivity index (χ1n) is 6.55. The minimum Gasteiger partial charge on any atom is -0.398 e. The van der Waals surface area contributed by atoms with E-state index in [0.717, 1.165) is 0 Å². The molecule has 0 saturated heterocycles. The van der Waals surface area contributed by atoms with E-state index in [4.69, 9.17) is 11.6 Å². The van der Waals surface area contributed by atoms with Crippen LogP contribution < -0.4 is 22.3 Å². The van der Waals surface area contributed by atoms with E-state index in [0.29, 0.717) is 16.8 Å². The van der Waals surface area contributed by atoms with Gasteiger partial charge in [-0.15, -0.1) is 0 Å². The number of hydrazine groups is 1. The minimum atomic E-state index is -0.618. The molecule has 0 saturated carbocycles. The second-order valence-electron chi connectivity index (χ2n) is 4.48. The Balaban J connectivity index is 2.30. The maximum Gasteiger partial charge on any atom is 0.281 e. The smallest absolute Gasteiger partial charge is 0.281 e. The van der Waals surface area contributed by atoms with Gasteiger partial charge >= 0.3 is 0 Å². The molecule has 0 aliphatic carbocycles. The Morgan fingerprint density at radius 3 is 2.23 bits per heavy atom. The molecule has 0 heterocycles. The molecule has 6 nitrogen and oxygen atoms in total. The summed E-state index contributed by atoms with van der Waals surface area (Å²) in [6, 6.07) is 15.5. The number of hydrogen-bond acceptors (Lipinski definition) is 4. The van der Waals surface area contributed by atoms with E-state index in [1.807, 2.05) is 5.43 Å². The molecule has 0 aromatic heterocycles. The summed E-state index contributed by atoms with van der Waals surface area (Å²) in [5.41, 5.74) is 9.36. The molecule has 6 N–H and O–H groups in total. The zero-order valence-corrected chi connectivity index (χ0v) is 11.7. The van der Waals surface area contributed by atoms with Crippen LogP contribution in [-0.2, 0) is 4.79 Å². The zero-order valence-electron chi connectivity index (χ0n) is 11.7. The SMILES string of the molecule is NNC(=O)/C(=C\c1ccccc1N)NC(=O)c1ccccc1. The van der Waals surface area contributed by atoms with Gasteiger partial charge in [0.2, 0.25) is 0 Å². The van der Waals surface area contributed by atoms with Gasteiger partial charge in [0.25, 0.3) is 11.8 Å². The van der Waals surface area contributed by atoms with E-state index < -0.39 is 11.8 Å². The number of anilines is 1. The molecule has 0 aliphatic rings. The highest BCUT2D eigenvalue weighted by molar-refractivity contribution is 6.05. The number of benzene rings is 2. The van der Waals surface area contributed by atoms with Crippen LogP contribution >= 0.6 is 0 Å². The van der Waals surface area contributed by atoms with E-state index >= 15 is 0 Å². The van der Waals surface area contributed by atoms with Crippen molar-refractivity contribution in [2.45, 2.75) is 0 Å². The fourth-order valence-corrected chi connectivity index (χ4v) is 1.82. The van der Waals surface area contributed by atoms with Gasteiger partial charge < -0.3 is 11.1 Å². The Hall–Kier alpha value is -3.12. The fraction of sp³-hybridized carbons (Fsp3) is 0. The number of rotatable bonds is 4. The number of carbonyl (C=O) groups excluding carboxylic acids is 2. The van der Waals surface area contributed by atoms with E-state index in [-0.39, 0.29) is 5.70 Å². The lowest BCUT2D eigenvalue weighted by Crippen LogP contribution is -2.38. The summed E-state index contributed by atoms with van der Waals surface area (Å²) in [6.07, 6.45) is 1.47. The quantitative estimate of drug-likeness (QED) is 0.222. The van der Waals surface area contributed by atoms with Crippen molar-refractivity contribution in [1.82, 2.24) is 10.7 Å². The first kappa shape index (κ1) is 15.3. The molecule has 0 fully saturated rings. The van der Waals surface area contributed by atoms with Crippen LogP contribution in [0.5, 0.6) is 0 Å². The second kappa shape index (κ2) is 7.05. The van der Waals surface area contributed by atoms with E-state index in [9.17, 15) is 9.59 Å². The Morgan fingerprint density at radius 2 is 1.59 bits per heavy atom. The number of hydrogen-bond donors (Lipinski definition) is 4. The normalized spacial score (nSPS) is 10.9. The largest absolute Gasteiger partial charge is 0.398 e. The van der Waals surface area contributed by atoms with E-state index in [2.05, 4.69) is 5.32 Å². The summed E-state index contributed by atoms with van der Waals surface area (Å²) < 4.78 is 0. The summed E-state index contributed by atoms with van der Waals surface area (Å²) in [4.78, 5) is 24.0. The number of nitrogens with one attached hydrogen (secondary N) is 2. The monoisotopic (exact) mass is 296 g/mol. The summed E-state index contributed by atoms with van der Waals surface area (Å²) in [7, 11) is 0. The third-order valence-electron chi connectivity index (χ3n) is 2.96. The summed E-state index contributed by atoms with van der Waals surface area (Å²) in [5, 5.41) is 2.53. The van der Waals surface area contributed by atoms with E-state index in [1.54, 1.807) is 54.6 Å². The van der Waals surface area contributed by atoms with Crippen molar-refractivity contribution >= 4 is 23.6 Å². The Labute approximate surface area is 127 Å². The van der Waals surface area contributed by atoms with Crippen molar-refractivity contribution in [2.75, 3.05) is 5.73 Å². The molecule has 112 valence electrons. The van der Waals surface area contributed by atoms with Gasteiger partial charge in [0.05, 0.1) is 0 Å². The molecule has 0 bridgehead atoms. The lowest BCUT2D eigenvalue weighted by Gasteiger charge is -2.09. The van der Waals surface area contributed by atoms with Crippen LogP contribution in [0, 0.1) is 0 Å². The lowest BCUT2D eigenvalue weighted by molar-refractivity contribution is -0.117. The molecule has 0 radical (unpaired) electrons. The van der Waals surface area contributed by atoms with Crippen molar-refractivity contribution < 1.29 is 9.59 Å². The maximum atomic E-state index is 12.1. The highest BCUT2D eigenvalue weighted by Crippen LogP contribution is 2.14. The van der Waals surface area contributed by atoms with Gasteiger partial charge in [-0.2, -0.15) is 0 Å². The highest BCUT2D eigenvalue weighted by atomic mass is 16.2. The van der Waals surface area contributed by atoms with Crippen LogP contribution in [0.2, 0.25) is 0 Å². The van der Waals surface area contributed by atoms with Gasteiger partial charge in [0, 0.05) is 11.3 Å². The molecular weight excluding hydrogens is 280 g/mol. The number of nitrogen functional groups attached to an aromatic ring is 1. The van der Waals surface area contributed by atoms with Crippen molar-refractivity contribution in [2.24, 2.45) is 5.84 Å². The number of para-hydroxylation sites is 1. The number of nitrogens with two attached hydrogens (primary N) is 2. The van der Waals surface area contributed by atoms with Gasteiger partial charge in [-0.3, -0.25) is 15.0 Å². The molecule has 0 aliphatic heterocycles. The molecule has 2 amide bonds. The third kappa shape index (κ3) is 3.71. The second-order valence-corrected chi connectivity index (χ2v) is 4.48. The standard InChI is InChI=1S/C16H16N4O2/c17-13-9-5-4-8-12(13)10-14(16(22)20-18)19-15(21)11-6-2-1-3-7-11/h1-10H,17-18H2,(H,19,21)(H,20,22)/b14-10+. The molecule has 2 aromatic rings. The van der Waals surface area contributed by atoms with Gasteiger partial charge in [-0.25, -0.2) is 5.84 Å². The van der Waals surface area contributed by atoms with Gasteiger partial charge in [-0.1, -0.05) is 36.4 Å². The number of amides is 2. The van der Waals surface area contributed by atoms with Crippen LogP contribution in [0.25, 0.3) is 6.08 Å². The molecular formula is C16H16N4O2. The fourth-order valence-electron chi connectivity index (χ4n) is 1.82. The molecule has 0 unspecified atom stereocenters. The molecule has 22 heavy (non-hydrogen) atoms. The first-order valence-corrected chi connectivity index (χ1v) is 6.55. The topological polar surface area (TPSA) is 110 Å². The van der Waals surface area contributed by atoms with Crippen molar-refractivity contribution in [3.63, 3.8) is 0 Å². The van der Waals surface area contributed by atoms with Gasteiger partial charge in [-0.05, 0) is 29.8 Å². The van der Waals surface area contributed by atoms with Gasteiger partial charge in [0.15, 0.2) is 0 Å². The average Bonchev–Trinajstić information content (AvgIpc) is 2.56. The predicted octanol–water partition coefficient (Wildman–Crippen LogP) is 1.03. The van der Waals surface area contributed by atoms with Crippen LogP contribution in [0.15, 0.2) is 60.3 Å². The Bertz CT molecular complexity index is 711. The molecule has 2 aromatic carbocycles. The van der Waals surface area contributed by atoms with Crippen molar-refractivity contribution in [1.29, 1.82) is 0 Å². The molecule has 6 heteroatoms. The number of carbonyl (C=O) groups is 2. The minimum absolute atomic E-state index is 0.00857. The van der Waals surface area contributed by atoms with E-state index in [1.165, 1.54) is 6.08 Å². The average molecular weight is 296 g/mol. The lowest BCUT2D eigenvalue weighted by atomic mass is 10.1. The van der Waals surface area contributed by atoms with Crippen LogP contribution in [0.3, 0.4) is 0 Å². The van der Waals surface area contributed by atoms with Crippen LogP contribution in [0.4, 0.5) is 5.69 Å². The third-order valence-corrected chi connectivity index (χ3v) is 2.96. The van der Waals surface area contributed by atoms with Crippen LogP contribution in [0.1, 0.15) is 15.9 Å². The van der Waals surface area contributed by atoms with Crippen molar-refractivity contribution in [3.05, 3.63) is 71.4 Å². The highest BCUT2D eigenvalue weighted by Gasteiger charge is 2.13. The molecule has 2 rings (SSSR count).